The second kappa shape index (κ2) is 5.66. The molecule has 0 saturated carbocycles. The first-order valence-electron chi connectivity index (χ1n) is 7.23. The summed E-state index contributed by atoms with van der Waals surface area (Å²) in [6.45, 7) is 4.75. The topological polar surface area (TPSA) is 55.7 Å². The third kappa shape index (κ3) is 2.81. The summed E-state index contributed by atoms with van der Waals surface area (Å²) in [5.41, 5.74) is 3.38. The third-order valence-electron chi connectivity index (χ3n) is 4.02. The number of fused-ring (bicyclic) bond motifs is 1. The van der Waals surface area contributed by atoms with Crippen LogP contribution in [-0.4, -0.2) is 23.3 Å². The number of hydrogen-bond acceptors (Lipinski definition) is 4. The fraction of sp³-hybridized carbons (Fsp3) is 0.294. The van der Waals surface area contributed by atoms with Gasteiger partial charge in [-0.15, -0.1) is 0 Å². The predicted molar refractivity (Wildman–Crippen MR) is 83.7 cm³/mol. The van der Waals surface area contributed by atoms with Crippen LogP contribution in [0.15, 0.2) is 42.5 Å². The minimum atomic E-state index is 0.0732. The zero-order valence-electron chi connectivity index (χ0n) is 12.1. The van der Waals surface area contributed by atoms with Crippen LogP contribution < -0.4 is 10.2 Å². The predicted octanol–water partition coefficient (Wildman–Crippen LogP) is 2.77. The first-order valence-corrected chi connectivity index (χ1v) is 7.23. The lowest BCUT2D eigenvalue weighted by Crippen LogP contribution is -2.31. The summed E-state index contributed by atoms with van der Waals surface area (Å²) in [5.74, 6) is 0.191. The molecule has 0 spiro atoms. The maximum atomic E-state index is 9.70. The van der Waals surface area contributed by atoms with E-state index in [1.165, 1.54) is 17.3 Å². The lowest BCUT2D eigenvalue weighted by atomic mass is 10.0. The van der Waals surface area contributed by atoms with Crippen LogP contribution in [0, 0.1) is 0 Å². The number of benzene rings is 2. The van der Waals surface area contributed by atoms with Gasteiger partial charge in [0.05, 0.1) is 6.04 Å². The molecule has 1 aliphatic heterocycles. The number of aromatic hydroxyl groups is 2. The third-order valence-corrected chi connectivity index (χ3v) is 4.02. The molecule has 1 atom stereocenters. The molecule has 21 heavy (non-hydrogen) atoms. The molecule has 0 aliphatic carbocycles. The molecule has 3 N–H and O–H groups in total. The SMILES string of the molecule is CC(c1cc(O)cc(O)c1)N1CCNCc2ccccc21. The highest BCUT2D eigenvalue weighted by molar-refractivity contribution is 5.56. The molecular weight excluding hydrogens is 264 g/mol. The van der Waals surface area contributed by atoms with Gasteiger partial charge in [0.2, 0.25) is 0 Å². The lowest BCUT2D eigenvalue weighted by Gasteiger charge is -2.31. The number of para-hydroxylation sites is 1. The zero-order chi connectivity index (χ0) is 14.8. The fourth-order valence-corrected chi connectivity index (χ4v) is 2.92. The van der Waals surface area contributed by atoms with Gasteiger partial charge in [0.25, 0.3) is 0 Å². The molecule has 4 heteroatoms. The van der Waals surface area contributed by atoms with E-state index < -0.39 is 0 Å². The van der Waals surface area contributed by atoms with Crippen LogP contribution in [0.4, 0.5) is 5.69 Å². The number of nitrogens with one attached hydrogen (secondary N) is 1. The van der Waals surface area contributed by atoms with Gasteiger partial charge in [-0.1, -0.05) is 18.2 Å². The monoisotopic (exact) mass is 284 g/mol. The van der Waals surface area contributed by atoms with Crippen molar-refractivity contribution in [3.8, 4) is 11.5 Å². The maximum Gasteiger partial charge on any atom is 0.119 e. The minimum Gasteiger partial charge on any atom is -0.508 e. The van der Waals surface area contributed by atoms with Crippen LogP contribution in [0.5, 0.6) is 11.5 Å². The number of phenolic OH excluding ortho intramolecular Hbond substituents is 2. The highest BCUT2D eigenvalue weighted by Gasteiger charge is 2.21. The van der Waals surface area contributed by atoms with Crippen LogP contribution >= 0.6 is 0 Å². The highest BCUT2D eigenvalue weighted by atomic mass is 16.3. The van der Waals surface area contributed by atoms with E-state index in [-0.39, 0.29) is 17.5 Å². The quantitative estimate of drug-likeness (QED) is 0.793. The van der Waals surface area contributed by atoms with E-state index >= 15 is 0 Å². The van der Waals surface area contributed by atoms with E-state index in [0.717, 1.165) is 25.2 Å². The van der Waals surface area contributed by atoms with E-state index in [0.29, 0.717) is 0 Å². The summed E-state index contributed by atoms with van der Waals surface area (Å²) in [4.78, 5) is 2.31. The number of hydrogen-bond donors (Lipinski definition) is 3. The van der Waals surface area contributed by atoms with Crippen LogP contribution in [0.25, 0.3) is 0 Å². The van der Waals surface area contributed by atoms with Crippen LogP contribution in [0.2, 0.25) is 0 Å². The Labute approximate surface area is 124 Å². The average molecular weight is 284 g/mol. The van der Waals surface area contributed by atoms with Gasteiger partial charge >= 0.3 is 0 Å². The maximum absolute atomic E-state index is 9.70. The van der Waals surface area contributed by atoms with Gasteiger partial charge in [-0.05, 0) is 36.2 Å². The smallest absolute Gasteiger partial charge is 0.119 e. The average Bonchev–Trinajstić information content (AvgIpc) is 2.68. The molecule has 110 valence electrons. The summed E-state index contributed by atoms with van der Waals surface area (Å²) in [5, 5.41) is 22.8. The number of phenols is 2. The molecule has 2 aromatic rings. The van der Waals surface area contributed by atoms with E-state index in [9.17, 15) is 10.2 Å². The van der Waals surface area contributed by atoms with Gasteiger partial charge in [0.1, 0.15) is 11.5 Å². The second-order valence-electron chi connectivity index (χ2n) is 5.46. The molecule has 0 bridgehead atoms. The van der Waals surface area contributed by atoms with E-state index in [1.54, 1.807) is 12.1 Å². The molecule has 1 aliphatic rings. The Morgan fingerprint density at radius 1 is 1.10 bits per heavy atom. The van der Waals surface area contributed by atoms with Crippen molar-refractivity contribution in [1.29, 1.82) is 0 Å². The van der Waals surface area contributed by atoms with Crippen molar-refractivity contribution < 1.29 is 10.2 Å². The largest absolute Gasteiger partial charge is 0.508 e. The molecule has 4 nitrogen and oxygen atoms in total. The molecule has 2 aromatic carbocycles. The Morgan fingerprint density at radius 2 is 1.81 bits per heavy atom. The molecule has 0 amide bonds. The molecule has 1 heterocycles. The number of rotatable bonds is 2. The normalized spacial score (nSPS) is 16.1. The summed E-state index contributed by atoms with van der Waals surface area (Å²) >= 11 is 0. The van der Waals surface area contributed by atoms with Crippen molar-refractivity contribution in [2.75, 3.05) is 18.0 Å². The summed E-state index contributed by atoms with van der Waals surface area (Å²) in [7, 11) is 0. The van der Waals surface area contributed by atoms with Gasteiger partial charge in [-0.25, -0.2) is 0 Å². The summed E-state index contributed by atoms with van der Waals surface area (Å²) in [6, 6.07) is 13.2. The van der Waals surface area contributed by atoms with Gasteiger partial charge in [-0.3, -0.25) is 0 Å². The second-order valence-corrected chi connectivity index (χ2v) is 5.46. The summed E-state index contributed by atoms with van der Waals surface area (Å²) < 4.78 is 0. The fourth-order valence-electron chi connectivity index (χ4n) is 2.92. The first kappa shape index (κ1) is 13.8. The van der Waals surface area contributed by atoms with E-state index in [1.807, 2.05) is 6.07 Å². The first-order chi connectivity index (χ1) is 10.1. The molecular formula is C17H20N2O2. The van der Waals surface area contributed by atoms with Crippen molar-refractivity contribution in [3.05, 3.63) is 53.6 Å². The molecule has 0 saturated heterocycles. The van der Waals surface area contributed by atoms with E-state index in [4.69, 9.17) is 0 Å². The Morgan fingerprint density at radius 3 is 2.57 bits per heavy atom. The highest BCUT2D eigenvalue weighted by Crippen LogP contribution is 2.33. The van der Waals surface area contributed by atoms with Crippen molar-refractivity contribution in [2.45, 2.75) is 19.5 Å². The van der Waals surface area contributed by atoms with Crippen molar-refractivity contribution in [3.63, 3.8) is 0 Å². The van der Waals surface area contributed by atoms with Crippen LogP contribution in [-0.2, 0) is 6.54 Å². The van der Waals surface area contributed by atoms with Crippen molar-refractivity contribution in [1.82, 2.24) is 5.32 Å². The van der Waals surface area contributed by atoms with Crippen molar-refractivity contribution >= 4 is 5.69 Å². The summed E-state index contributed by atoms with van der Waals surface area (Å²) in [6.07, 6.45) is 0. The standard InChI is InChI=1S/C17H20N2O2/c1-12(14-8-15(20)10-16(21)9-14)19-7-6-18-11-13-4-2-3-5-17(13)19/h2-5,8-10,12,18,20-21H,6-7,11H2,1H3. The Kier molecular flexibility index (Phi) is 3.71. The lowest BCUT2D eigenvalue weighted by molar-refractivity contribution is 0.448. The van der Waals surface area contributed by atoms with Gasteiger partial charge < -0.3 is 20.4 Å². The van der Waals surface area contributed by atoms with Crippen molar-refractivity contribution in [2.24, 2.45) is 0 Å². The molecule has 3 rings (SSSR count). The molecule has 1 unspecified atom stereocenters. The van der Waals surface area contributed by atoms with E-state index in [2.05, 4.69) is 35.3 Å². The Hall–Kier alpha value is -2.20. The zero-order valence-corrected chi connectivity index (χ0v) is 12.1. The van der Waals surface area contributed by atoms with Gasteiger partial charge in [-0.2, -0.15) is 0 Å². The molecule has 0 aromatic heterocycles. The number of nitrogens with zero attached hydrogens (tertiary/aromatic N) is 1. The van der Waals surface area contributed by atoms with Crippen LogP contribution in [0.1, 0.15) is 24.1 Å². The van der Waals surface area contributed by atoms with Gasteiger partial charge in [0, 0.05) is 31.4 Å². The molecule has 0 fully saturated rings. The minimum absolute atomic E-state index is 0.0732. The van der Waals surface area contributed by atoms with Gasteiger partial charge in [0.15, 0.2) is 0 Å². The van der Waals surface area contributed by atoms with Crippen LogP contribution in [0.3, 0.4) is 0 Å². The number of anilines is 1. The molecule has 0 radical (unpaired) electrons. The Bertz CT molecular complexity index is 622. The Balaban J connectivity index is 1.99.